The highest BCUT2D eigenvalue weighted by Gasteiger charge is 2.23. The van der Waals surface area contributed by atoms with Crippen molar-refractivity contribution in [3.05, 3.63) is 22.9 Å². The van der Waals surface area contributed by atoms with Crippen LogP contribution >= 0.6 is 0 Å². The Kier molecular flexibility index (Phi) is 3.74. The summed E-state index contributed by atoms with van der Waals surface area (Å²) in [4.78, 5) is 7.34. The molecule has 3 heteroatoms. The second-order valence-corrected chi connectivity index (χ2v) is 6.09. The van der Waals surface area contributed by atoms with E-state index in [1.165, 1.54) is 62.1 Å². The fourth-order valence-corrected chi connectivity index (χ4v) is 2.96. The topological polar surface area (TPSA) is 28.2 Å². The van der Waals surface area contributed by atoms with E-state index in [1.54, 1.807) is 0 Å². The van der Waals surface area contributed by atoms with Gasteiger partial charge >= 0.3 is 0 Å². The van der Waals surface area contributed by atoms with Crippen molar-refractivity contribution in [2.45, 2.75) is 58.5 Å². The van der Waals surface area contributed by atoms with Crippen LogP contribution in [-0.4, -0.2) is 24.1 Å². The summed E-state index contributed by atoms with van der Waals surface area (Å²) in [5.41, 5.74) is 3.95. The molecule has 1 saturated carbocycles. The number of nitrogens with one attached hydrogen (secondary N) is 1. The summed E-state index contributed by atoms with van der Waals surface area (Å²) in [7, 11) is 0. The highest BCUT2D eigenvalue weighted by molar-refractivity contribution is 5.52. The highest BCUT2D eigenvalue weighted by atomic mass is 15.2. The van der Waals surface area contributed by atoms with E-state index in [1.807, 2.05) is 0 Å². The van der Waals surface area contributed by atoms with Crippen LogP contribution in [0.25, 0.3) is 0 Å². The van der Waals surface area contributed by atoms with Crippen LogP contribution in [0.1, 0.15) is 48.9 Å². The van der Waals surface area contributed by atoms with Crippen LogP contribution in [-0.2, 0) is 6.54 Å². The molecule has 1 aromatic rings. The SMILES string of the molecule is Cc1cc(C)c(CNC2CC2)c(N2CCCCC2)n1. The van der Waals surface area contributed by atoms with E-state index >= 15 is 0 Å². The molecule has 3 nitrogen and oxygen atoms in total. The summed E-state index contributed by atoms with van der Waals surface area (Å²) in [6.07, 6.45) is 6.68. The average molecular weight is 259 g/mol. The molecule has 0 amide bonds. The fraction of sp³-hybridized carbons (Fsp3) is 0.688. The van der Waals surface area contributed by atoms with Crippen molar-refractivity contribution in [3.8, 4) is 0 Å². The molecule has 1 aliphatic heterocycles. The number of rotatable bonds is 4. The van der Waals surface area contributed by atoms with Gasteiger partial charge in [-0.1, -0.05) is 0 Å². The monoisotopic (exact) mass is 259 g/mol. The molecule has 0 bridgehead atoms. The Balaban J connectivity index is 1.85. The molecule has 0 unspecified atom stereocenters. The van der Waals surface area contributed by atoms with E-state index in [-0.39, 0.29) is 0 Å². The summed E-state index contributed by atoms with van der Waals surface area (Å²) in [5, 5.41) is 3.65. The summed E-state index contributed by atoms with van der Waals surface area (Å²) in [6.45, 7) is 7.67. The lowest BCUT2D eigenvalue weighted by molar-refractivity contribution is 0.568. The average Bonchev–Trinajstić information content (AvgIpc) is 3.22. The first-order valence-electron chi connectivity index (χ1n) is 7.69. The smallest absolute Gasteiger partial charge is 0.133 e. The summed E-state index contributed by atoms with van der Waals surface area (Å²) in [5.74, 6) is 1.24. The third-order valence-corrected chi connectivity index (χ3v) is 4.25. The van der Waals surface area contributed by atoms with Gasteiger partial charge in [-0.3, -0.25) is 0 Å². The van der Waals surface area contributed by atoms with Crippen LogP contribution < -0.4 is 10.2 Å². The van der Waals surface area contributed by atoms with Gasteiger partial charge in [0.1, 0.15) is 5.82 Å². The quantitative estimate of drug-likeness (QED) is 0.901. The number of pyridine rings is 1. The largest absolute Gasteiger partial charge is 0.356 e. The lowest BCUT2D eigenvalue weighted by atomic mass is 10.1. The Bertz CT molecular complexity index is 446. The zero-order chi connectivity index (χ0) is 13.2. The molecular weight excluding hydrogens is 234 g/mol. The zero-order valence-electron chi connectivity index (χ0n) is 12.2. The standard InChI is InChI=1S/C16H25N3/c1-12-10-13(2)18-16(19-8-4-3-5-9-19)15(12)11-17-14-6-7-14/h10,14,17H,3-9,11H2,1-2H3. The summed E-state index contributed by atoms with van der Waals surface area (Å²) < 4.78 is 0. The van der Waals surface area contributed by atoms with E-state index in [4.69, 9.17) is 4.98 Å². The second kappa shape index (κ2) is 5.49. The number of aromatic nitrogens is 1. The maximum Gasteiger partial charge on any atom is 0.133 e. The van der Waals surface area contributed by atoms with Crippen molar-refractivity contribution < 1.29 is 0 Å². The Morgan fingerprint density at radius 2 is 1.95 bits per heavy atom. The first-order chi connectivity index (χ1) is 9.24. The van der Waals surface area contributed by atoms with Gasteiger partial charge < -0.3 is 10.2 Å². The minimum Gasteiger partial charge on any atom is -0.356 e. The molecule has 0 atom stereocenters. The van der Waals surface area contributed by atoms with Crippen LogP contribution in [0, 0.1) is 13.8 Å². The van der Waals surface area contributed by atoms with Gasteiger partial charge in [0.05, 0.1) is 0 Å². The number of hydrogen-bond acceptors (Lipinski definition) is 3. The van der Waals surface area contributed by atoms with E-state index in [2.05, 4.69) is 30.1 Å². The summed E-state index contributed by atoms with van der Waals surface area (Å²) >= 11 is 0. The van der Waals surface area contributed by atoms with E-state index in [0.717, 1.165) is 18.3 Å². The molecule has 0 aromatic carbocycles. The third-order valence-electron chi connectivity index (χ3n) is 4.25. The van der Waals surface area contributed by atoms with Crippen molar-refractivity contribution >= 4 is 5.82 Å². The minimum absolute atomic E-state index is 0.759. The van der Waals surface area contributed by atoms with Gasteiger partial charge in [0.15, 0.2) is 0 Å². The van der Waals surface area contributed by atoms with Crippen LogP contribution in [0.3, 0.4) is 0 Å². The molecule has 2 heterocycles. The normalized spacial score (nSPS) is 19.8. The molecule has 1 saturated heterocycles. The first-order valence-corrected chi connectivity index (χ1v) is 7.69. The molecule has 2 fully saturated rings. The lowest BCUT2D eigenvalue weighted by Gasteiger charge is -2.30. The van der Waals surface area contributed by atoms with Crippen molar-refractivity contribution in [2.24, 2.45) is 0 Å². The van der Waals surface area contributed by atoms with Gasteiger partial charge in [-0.2, -0.15) is 0 Å². The van der Waals surface area contributed by atoms with Gasteiger partial charge in [0.25, 0.3) is 0 Å². The minimum atomic E-state index is 0.759. The predicted molar refractivity (Wildman–Crippen MR) is 79.6 cm³/mol. The molecule has 104 valence electrons. The second-order valence-electron chi connectivity index (χ2n) is 6.09. The highest BCUT2D eigenvalue weighted by Crippen LogP contribution is 2.27. The van der Waals surface area contributed by atoms with Gasteiger partial charge in [-0.25, -0.2) is 4.98 Å². The van der Waals surface area contributed by atoms with Crippen molar-refractivity contribution in [3.63, 3.8) is 0 Å². The molecule has 1 aliphatic carbocycles. The number of anilines is 1. The molecule has 2 aliphatic rings. The van der Waals surface area contributed by atoms with E-state index in [9.17, 15) is 0 Å². The Labute approximate surface area is 116 Å². The lowest BCUT2D eigenvalue weighted by Crippen LogP contribution is -2.32. The van der Waals surface area contributed by atoms with Crippen LogP contribution in [0.5, 0.6) is 0 Å². The molecule has 1 aromatic heterocycles. The molecule has 19 heavy (non-hydrogen) atoms. The predicted octanol–water partition coefficient (Wildman–Crippen LogP) is 2.94. The summed E-state index contributed by atoms with van der Waals surface area (Å²) in [6, 6.07) is 2.98. The Hall–Kier alpha value is -1.09. The van der Waals surface area contributed by atoms with Gasteiger partial charge in [0, 0.05) is 36.9 Å². The van der Waals surface area contributed by atoms with Crippen LogP contribution in [0.2, 0.25) is 0 Å². The third kappa shape index (κ3) is 3.08. The van der Waals surface area contributed by atoms with Gasteiger partial charge in [-0.05, 0) is 57.6 Å². The molecule has 3 rings (SSSR count). The Morgan fingerprint density at radius 1 is 1.21 bits per heavy atom. The van der Waals surface area contributed by atoms with Crippen LogP contribution in [0.4, 0.5) is 5.82 Å². The van der Waals surface area contributed by atoms with Crippen molar-refractivity contribution in [1.82, 2.24) is 10.3 Å². The maximum absolute atomic E-state index is 4.84. The Morgan fingerprint density at radius 3 is 2.63 bits per heavy atom. The number of nitrogens with zero attached hydrogens (tertiary/aromatic N) is 2. The van der Waals surface area contributed by atoms with E-state index < -0.39 is 0 Å². The molecule has 0 spiro atoms. The van der Waals surface area contributed by atoms with Crippen molar-refractivity contribution in [1.29, 1.82) is 0 Å². The molecule has 0 radical (unpaired) electrons. The molecule has 1 N–H and O–H groups in total. The number of aryl methyl sites for hydroxylation is 2. The zero-order valence-corrected chi connectivity index (χ0v) is 12.2. The maximum atomic E-state index is 4.84. The molecular formula is C16H25N3. The fourth-order valence-electron chi connectivity index (χ4n) is 2.96. The number of piperidine rings is 1. The van der Waals surface area contributed by atoms with Crippen LogP contribution in [0.15, 0.2) is 6.07 Å². The number of hydrogen-bond donors (Lipinski definition) is 1. The van der Waals surface area contributed by atoms with E-state index in [0.29, 0.717) is 0 Å². The van der Waals surface area contributed by atoms with Crippen molar-refractivity contribution in [2.75, 3.05) is 18.0 Å². The van der Waals surface area contributed by atoms with Gasteiger partial charge in [-0.15, -0.1) is 0 Å². The van der Waals surface area contributed by atoms with Gasteiger partial charge in [0.2, 0.25) is 0 Å². The first kappa shape index (κ1) is 12.9.